The lowest BCUT2D eigenvalue weighted by molar-refractivity contribution is -0.122. The van der Waals surface area contributed by atoms with Crippen molar-refractivity contribution in [1.29, 1.82) is 0 Å². The molecule has 1 aliphatic carbocycles. The Morgan fingerprint density at radius 2 is 1.92 bits per heavy atom. The summed E-state index contributed by atoms with van der Waals surface area (Å²) in [6.07, 6.45) is 10.2. The molecule has 1 N–H and O–H groups in total. The van der Waals surface area contributed by atoms with Crippen LogP contribution in [0.25, 0.3) is 0 Å². The number of carbonyl (C=O) groups is 1. The molecule has 1 fully saturated rings. The minimum absolute atomic E-state index is 0.136. The summed E-state index contributed by atoms with van der Waals surface area (Å²) in [5, 5.41) is 3.15. The van der Waals surface area contributed by atoms with Crippen LogP contribution in [0.15, 0.2) is 48.9 Å². The third-order valence-electron chi connectivity index (χ3n) is 4.35. The van der Waals surface area contributed by atoms with Crippen LogP contribution in [0.3, 0.4) is 0 Å². The molecule has 1 aliphatic rings. The van der Waals surface area contributed by atoms with E-state index in [0.29, 0.717) is 12.3 Å². The standard InChI is InChI=1S/C19H23N3O2/c23-18(11-6-15-4-2-1-3-5-15)22-16-7-9-17(10-8-16)24-19-14-20-12-13-21-19/h1-5,12-14,16-17H,6-11H2,(H,22,23). The van der Waals surface area contributed by atoms with Crippen molar-refractivity contribution in [2.75, 3.05) is 0 Å². The second-order valence-corrected chi connectivity index (χ2v) is 6.19. The number of nitrogens with zero attached hydrogens (tertiary/aromatic N) is 2. The first-order chi connectivity index (χ1) is 11.8. The zero-order valence-corrected chi connectivity index (χ0v) is 13.7. The van der Waals surface area contributed by atoms with Crippen LogP contribution < -0.4 is 10.1 Å². The first-order valence-electron chi connectivity index (χ1n) is 8.55. The molecule has 3 rings (SSSR count). The van der Waals surface area contributed by atoms with Gasteiger partial charge in [-0.3, -0.25) is 9.78 Å². The summed E-state index contributed by atoms with van der Waals surface area (Å²) in [7, 11) is 0. The Kier molecular flexibility index (Phi) is 5.77. The number of hydrogen-bond donors (Lipinski definition) is 1. The molecule has 1 aromatic heterocycles. The molecule has 1 heterocycles. The van der Waals surface area contributed by atoms with Crippen LogP contribution in [0.2, 0.25) is 0 Å². The molecular formula is C19H23N3O2. The minimum Gasteiger partial charge on any atom is -0.473 e. The molecular weight excluding hydrogens is 302 g/mol. The normalized spacial score (nSPS) is 20.3. The van der Waals surface area contributed by atoms with E-state index in [1.165, 1.54) is 5.56 Å². The molecule has 126 valence electrons. The van der Waals surface area contributed by atoms with Gasteiger partial charge in [0.1, 0.15) is 6.10 Å². The molecule has 2 aromatic rings. The zero-order chi connectivity index (χ0) is 16.6. The third kappa shape index (κ3) is 5.05. The summed E-state index contributed by atoms with van der Waals surface area (Å²) in [5.74, 6) is 0.713. The summed E-state index contributed by atoms with van der Waals surface area (Å²) in [6, 6.07) is 10.4. The summed E-state index contributed by atoms with van der Waals surface area (Å²) >= 11 is 0. The molecule has 1 aromatic carbocycles. The maximum atomic E-state index is 12.1. The van der Waals surface area contributed by atoms with Crippen molar-refractivity contribution in [3.05, 3.63) is 54.5 Å². The molecule has 0 aliphatic heterocycles. The lowest BCUT2D eigenvalue weighted by Gasteiger charge is -2.29. The maximum Gasteiger partial charge on any atom is 0.232 e. The van der Waals surface area contributed by atoms with Crippen LogP contribution in [0.5, 0.6) is 5.88 Å². The first-order valence-corrected chi connectivity index (χ1v) is 8.55. The van der Waals surface area contributed by atoms with Crippen LogP contribution in [0.4, 0.5) is 0 Å². The predicted molar refractivity (Wildman–Crippen MR) is 91.6 cm³/mol. The molecule has 0 atom stereocenters. The number of benzene rings is 1. The lowest BCUT2D eigenvalue weighted by atomic mass is 9.92. The fraction of sp³-hybridized carbons (Fsp3) is 0.421. The fourth-order valence-corrected chi connectivity index (χ4v) is 3.04. The van der Waals surface area contributed by atoms with Crippen LogP contribution in [0, 0.1) is 0 Å². The average Bonchev–Trinajstić information content (AvgIpc) is 2.63. The Labute approximate surface area is 142 Å². The molecule has 5 nitrogen and oxygen atoms in total. The number of nitrogens with one attached hydrogen (secondary N) is 1. The number of aromatic nitrogens is 2. The van der Waals surface area contributed by atoms with E-state index in [1.54, 1.807) is 18.6 Å². The maximum absolute atomic E-state index is 12.1. The topological polar surface area (TPSA) is 64.1 Å². The van der Waals surface area contributed by atoms with Crippen molar-refractivity contribution in [2.45, 2.75) is 50.7 Å². The monoisotopic (exact) mass is 325 g/mol. The SMILES string of the molecule is O=C(CCc1ccccc1)NC1CCC(Oc2cnccn2)CC1. The fourth-order valence-electron chi connectivity index (χ4n) is 3.04. The molecule has 0 bridgehead atoms. The summed E-state index contributed by atoms with van der Waals surface area (Å²) < 4.78 is 5.83. The number of aryl methyl sites for hydroxylation is 1. The summed E-state index contributed by atoms with van der Waals surface area (Å²) in [6.45, 7) is 0. The highest BCUT2D eigenvalue weighted by Gasteiger charge is 2.23. The Hall–Kier alpha value is -2.43. The highest BCUT2D eigenvalue weighted by atomic mass is 16.5. The molecule has 1 amide bonds. The van der Waals surface area contributed by atoms with Crippen LogP contribution in [-0.4, -0.2) is 28.0 Å². The predicted octanol–water partition coefficient (Wildman–Crippen LogP) is 2.92. The van der Waals surface area contributed by atoms with Gasteiger partial charge in [-0.25, -0.2) is 4.98 Å². The van der Waals surface area contributed by atoms with Crippen molar-refractivity contribution >= 4 is 5.91 Å². The van der Waals surface area contributed by atoms with E-state index in [0.717, 1.165) is 32.1 Å². The van der Waals surface area contributed by atoms with E-state index in [9.17, 15) is 4.79 Å². The van der Waals surface area contributed by atoms with Gasteiger partial charge in [-0.1, -0.05) is 30.3 Å². The number of rotatable bonds is 6. The van der Waals surface area contributed by atoms with Crippen LogP contribution in [0.1, 0.15) is 37.7 Å². The van der Waals surface area contributed by atoms with Crippen molar-refractivity contribution in [3.8, 4) is 5.88 Å². The van der Waals surface area contributed by atoms with Gasteiger partial charge in [-0.2, -0.15) is 0 Å². The van der Waals surface area contributed by atoms with Gasteiger partial charge in [0.25, 0.3) is 0 Å². The number of ether oxygens (including phenoxy) is 1. The minimum atomic E-state index is 0.136. The Morgan fingerprint density at radius 3 is 2.62 bits per heavy atom. The zero-order valence-electron chi connectivity index (χ0n) is 13.7. The number of hydrogen-bond acceptors (Lipinski definition) is 4. The average molecular weight is 325 g/mol. The van der Waals surface area contributed by atoms with Gasteiger partial charge >= 0.3 is 0 Å². The molecule has 0 saturated heterocycles. The largest absolute Gasteiger partial charge is 0.473 e. The van der Waals surface area contributed by atoms with Gasteiger partial charge in [0, 0.05) is 24.9 Å². The second-order valence-electron chi connectivity index (χ2n) is 6.19. The molecule has 1 saturated carbocycles. The Morgan fingerprint density at radius 1 is 1.12 bits per heavy atom. The van der Waals surface area contributed by atoms with E-state index in [4.69, 9.17) is 4.74 Å². The quantitative estimate of drug-likeness (QED) is 0.887. The molecule has 0 spiro atoms. The van der Waals surface area contributed by atoms with Crippen molar-refractivity contribution in [3.63, 3.8) is 0 Å². The van der Waals surface area contributed by atoms with E-state index >= 15 is 0 Å². The van der Waals surface area contributed by atoms with Gasteiger partial charge in [0.15, 0.2) is 0 Å². The molecule has 24 heavy (non-hydrogen) atoms. The summed E-state index contributed by atoms with van der Waals surface area (Å²) in [4.78, 5) is 20.2. The number of carbonyl (C=O) groups excluding carboxylic acids is 1. The third-order valence-corrected chi connectivity index (χ3v) is 4.35. The Bertz CT molecular complexity index is 626. The summed E-state index contributed by atoms with van der Waals surface area (Å²) in [5.41, 5.74) is 1.20. The van der Waals surface area contributed by atoms with E-state index < -0.39 is 0 Å². The van der Waals surface area contributed by atoms with Gasteiger partial charge in [0.05, 0.1) is 6.20 Å². The Balaban J connectivity index is 1.36. The highest BCUT2D eigenvalue weighted by Crippen LogP contribution is 2.22. The van der Waals surface area contributed by atoms with Gasteiger partial charge in [-0.15, -0.1) is 0 Å². The van der Waals surface area contributed by atoms with E-state index in [2.05, 4.69) is 27.4 Å². The van der Waals surface area contributed by atoms with Crippen molar-refractivity contribution in [1.82, 2.24) is 15.3 Å². The first kappa shape index (κ1) is 16.4. The van der Waals surface area contributed by atoms with Gasteiger partial charge < -0.3 is 10.1 Å². The van der Waals surface area contributed by atoms with Crippen molar-refractivity contribution in [2.24, 2.45) is 0 Å². The van der Waals surface area contributed by atoms with Gasteiger partial charge in [0.2, 0.25) is 11.8 Å². The van der Waals surface area contributed by atoms with Crippen LogP contribution in [-0.2, 0) is 11.2 Å². The van der Waals surface area contributed by atoms with Gasteiger partial charge in [-0.05, 0) is 37.7 Å². The highest BCUT2D eigenvalue weighted by molar-refractivity contribution is 5.76. The second kappa shape index (κ2) is 8.43. The van der Waals surface area contributed by atoms with E-state index in [1.807, 2.05) is 18.2 Å². The number of amides is 1. The lowest BCUT2D eigenvalue weighted by Crippen LogP contribution is -2.39. The molecule has 0 radical (unpaired) electrons. The van der Waals surface area contributed by atoms with Crippen LogP contribution >= 0.6 is 0 Å². The smallest absolute Gasteiger partial charge is 0.232 e. The molecule has 0 unspecified atom stereocenters. The van der Waals surface area contributed by atoms with E-state index in [-0.39, 0.29) is 18.1 Å². The molecule has 5 heteroatoms. The van der Waals surface area contributed by atoms with Crippen molar-refractivity contribution < 1.29 is 9.53 Å².